The number of nitrogen functional groups attached to an aromatic ring is 1. The van der Waals surface area contributed by atoms with E-state index in [-0.39, 0.29) is 11.6 Å². The highest BCUT2D eigenvalue weighted by Gasteiger charge is 2.17. The summed E-state index contributed by atoms with van der Waals surface area (Å²) in [6, 6.07) is 12.2. The van der Waals surface area contributed by atoms with Gasteiger partial charge in [-0.2, -0.15) is 5.10 Å². The normalized spacial score (nSPS) is 14.0. The van der Waals surface area contributed by atoms with Crippen LogP contribution >= 0.6 is 0 Å². The average Bonchev–Trinajstić information content (AvgIpc) is 2.62. The van der Waals surface area contributed by atoms with Gasteiger partial charge in [0, 0.05) is 12.0 Å². The van der Waals surface area contributed by atoms with E-state index >= 15 is 0 Å². The Morgan fingerprint density at radius 2 is 2.05 bits per heavy atom. The number of carbonyl (C=O) groups excluding carboxylic acids is 1. The van der Waals surface area contributed by atoms with Gasteiger partial charge in [-0.15, -0.1) is 0 Å². The zero-order valence-corrected chi connectivity index (χ0v) is 11.3. The Kier molecular flexibility index (Phi) is 3.39. The molecule has 106 valence electrons. The molecule has 0 saturated heterocycles. The minimum Gasteiger partial charge on any atom is -0.396 e. The molecule has 0 aromatic heterocycles. The maximum atomic E-state index is 13.2. The maximum Gasteiger partial charge on any atom is 0.244 e. The van der Waals surface area contributed by atoms with Gasteiger partial charge in [0.05, 0.1) is 17.8 Å². The second-order valence-corrected chi connectivity index (χ2v) is 4.96. The lowest BCUT2D eigenvalue weighted by Gasteiger charge is -2.09. The molecule has 5 heteroatoms. The van der Waals surface area contributed by atoms with Gasteiger partial charge < -0.3 is 5.73 Å². The predicted molar refractivity (Wildman–Crippen MR) is 79.3 cm³/mol. The summed E-state index contributed by atoms with van der Waals surface area (Å²) in [5.41, 5.74) is 11.7. The van der Waals surface area contributed by atoms with Gasteiger partial charge >= 0.3 is 0 Å². The van der Waals surface area contributed by atoms with Crippen LogP contribution in [-0.2, 0) is 17.6 Å². The molecular formula is C16H14FN3O. The van der Waals surface area contributed by atoms with E-state index in [0.717, 1.165) is 22.4 Å². The highest BCUT2D eigenvalue weighted by Crippen LogP contribution is 2.18. The number of rotatable bonds is 2. The number of halogens is 1. The van der Waals surface area contributed by atoms with Gasteiger partial charge in [0.1, 0.15) is 5.82 Å². The summed E-state index contributed by atoms with van der Waals surface area (Å²) in [5.74, 6) is -0.577. The van der Waals surface area contributed by atoms with Crippen molar-refractivity contribution in [1.82, 2.24) is 5.43 Å². The predicted octanol–water partition coefficient (Wildman–Crippen LogP) is 2.03. The van der Waals surface area contributed by atoms with E-state index in [1.165, 1.54) is 6.07 Å². The largest absolute Gasteiger partial charge is 0.396 e. The Bertz CT molecular complexity index is 740. The van der Waals surface area contributed by atoms with Crippen LogP contribution in [0, 0.1) is 5.82 Å². The molecule has 3 rings (SSSR count). The van der Waals surface area contributed by atoms with Crippen LogP contribution in [0.4, 0.5) is 10.1 Å². The van der Waals surface area contributed by atoms with Crippen molar-refractivity contribution in [2.24, 2.45) is 5.10 Å². The summed E-state index contributed by atoms with van der Waals surface area (Å²) in [5, 5.41) is 4.18. The summed E-state index contributed by atoms with van der Waals surface area (Å²) >= 11 is 0. The maximum absolute atomic E-state index is 13.2. The van der Waals surface area contributed by atoms with Crippen LogP contribution in [0.1, 0.15) is 16.7 Å². The number of carbonyl (C=O) groups is 1. The van der Waals surface area contributed by atoms with Crippen molar-refractivity contribution in [3.8, 4) is 0 Å². The fourth-order valence-electron chi connectivity index (χ4n) is 2.39. The van der Waals surface area contributed by atoms with Crippen LogP contribution in [0.3, 0.4) is 0 Å². The molecule has 1 heterocycles. The van der Waals surface area contributed by atoms with Gasteiger partial charge in [-0.05, 0) is 23.3 Å². The number of anilines is 1. The first-order chi connectivity index (χ1) is 10.1. The number of hydrogen-bond acceptors (Lipinski definition) is 3. The molecule has 3 N–H and O–H groups in total. The lowest BCUT2D eigenvalue weighted by Crippen LogP contribution is -2.18. The van der Waals surface area contributed by atoms with E-state index in [1.807, 2.05) is 24.3 Å². The molecule has 1 amide bonds. The summed E-state index contributed by atoms with van der Waals surface area (Å²) in [6.07, 6.45) is 0.774. The average molecular weight is 283 g/mol. The third-order valence-electron chi connectivity index (χ3n) is 3.43. The van der Waals surface area contributed by atoms with Gasteiger partial charge in [0.25, 0.3) is 0 Å². The first-order valence-corrected chi connectivity index (χ1v) is 6.61. The topological polar surface area (TPSA) is 67.5 Å². The number of nitrogens with zero attached hydrogens (tertiary/aromatic N) is 1. The standard InChI is InChI=1S/C16H14FN3O/c17-13-6-5-10(7-14(13)18)8-15-12-4-2-1-3-11(12)9-16(21)20-19-15/h1-7H,8-9,18H2,(H,20,21). The molecule has 0 fully saturated rings. The Balaban J connectivity index is 1.97. The number of nitrogens with one attached hydrogen (secondary N) is 1. The highest BCUT2D eigenvalue weighted by atomic mass is 19.1. The minimum atomic E-state index is -0.435. The highest BCUT2D eigenvalue weighted by molar-refractivity contribution is 6.05. The monoisotopic (exact) mass is 283 g/mol. The van der Waals surface area contributed by atoms with Crippen molar-refractivity contribution in [2.45, 2.75) is 12.8 Å². The molecule has 2 aromatic rings. The van der Waals surface area contributed by atoms with E-state index in [4.69, 9.17) is 5.73 Å². The minimum absolute atomic E-state index is 0.110. The van der Waals surface area contributed by atoms with Gasteiger partial charge in [-0.1, -0.05) is 30.3 Å². The summed E-state index contributed by atoms with van der Waals surface area (Å²) in [7, 11) is 0. The van der Waals surface area contributed by atoms with Crippen molar-refractivity contribution in [3.63, 3.8) is 0 Å². The summed E-state index contributed by atoms with van der Waals surface area (Å²) in [4.78, 5) is 11.7. The first kappa shape index (κ1) is 13.3. The lowest BCUT2D eigenvalue weighted by molar-refractivity contribution is -0.120. The number of benzene rings is 2. The van der Waals surface area contributed by atoms with Crippen LogP contribution in [0.5, 0.6) is 0 Å². The zero-order valence-electron chi connectivity index (χ0n) is 11.3. The molecule has 21 heavy (non-hydrogen) atoms. The van der Waals surface area contributed by atoms with Crippen LogP contribution in [-0.4, -0.2) is 11.6 Å². The second kappa shape index (κ2) is 5.36. The number of fused-ring (bicyclic) bond motifs is 1. The van der Waals surface area contributed by atoms with E-state index in [2.05, 4.69) is 10.5 Å². The van der Waals surface area contributed by atoms with Crippen LogP contribution in [0.15, 0.2) is 47.6 Å². The SMILES string of the molecule is Nc1cc(CC2=NNC(=O)Cc3ccccc32)ccc1F. The van der Waals surface area contributed by atoms with Crippen molar-refractivity contribution >= 4 is 17.3 Å². The van der Waals surface area contributed by atoms with Crippen LogP contribution in [0.2, 0.25) is 0 Å². The second-order valence-electron chi connectivity index (χ2n) is 4.96. The number of hydrogen-bond donors (Lipinski definition) is 2. The molecule has 0 radical (unpaired) electrons. The molecule has 0 unspecified atom stereocenters. The molecule has 2 aromatic carbocycles. The first-order valence-electron chi connectivity index (χ1n) is 6.61. The summed E-state index contributed by atoms with van der Waals surface area (Å²) < 4.78 is 13.2. The van der Waals surface area contributed by atoms with E-state index in [9.17, 15) is 9.18 Å². The molecular weight excluding hydrogens is 269 g/mol. The van der Waals surface area contributed by atoms with Gasteiger partial charge in [-0.25, -0.2) is 9.82 Å². The van der Waals surface area contributed by atoms with Crippen LogP contribution in [0.25, 0.3) is 0 Å². The summed E-state index contributed by atoms with van der Waals surface area (Å²) in [6.45, 7) is 0. The zero-order chi connectivity index (χ0) is 14.8. The Labute approximate surface area is 121 Å². The Hall–Kier alpha value is -2.69. The smallest absolute Gasteiger partial charge is 0.244 e. The molecule has 0 aliphatic carbocycles. The molecule has 0 bridgehead atoms. The van der Waals surface area contributed by atoms with Crippen molar-refractivity contribution < 1.29 is 9.18 Å². The number of hydrazone groups is 1. The molecule has 0 saturated carbocycles. The van der Waals surface area contributed by atoms with Gasteiger partial charge in [-0.3, -0.25) is 4.79 Å². The van der Waals surface area contributed by atoms with Crippen molar-refractivity contribution in [3.05, 3.63) is 65.0 Å². The number of amides is 1. The number of nitrogens with two attached hydrogens (primary N) is 1. The fourth-order valence-corrected chi connectivity index (χ4v) is 2.39. The Morgan fingerprint density at radius 1 is 1.24 bits per heavy atom. The fraction of sp³-hybridized carbons (Fsp3) is 0.125. The molecule has 4 nitrogen and oxygen atoms in total. The Morgan fingerprint density at radius 3 is 2.86 bits per heavy atom. The molecule has 1 aliphatic heterocycles. The van der Waals surface area contributed by atoms with E-state index in [0.29, 0.717) is 12.8 Å². The molecule has 1 aliphatic rings. The van der Waals surface area contributed by atoms with Gasteiger partial charge in [0.2, 0.25) is 5.91 Å². The third kappa shape index (κ3) is 2.76. The van der Waals surface area contributed by atoms with Crippen molar-refractivity contribution in [1.29, 1.82) is 0 Å². The lowest BCUT2D eigenvalue weighted by atomic mass is 9.96. The quantitative estimate of drug-likeness (QED) is 0.828. The van der Waals surface area contributed by atoms with E-state index < -0.39 is 5.82 Å². The third-order valence-corrected chi connectivity index (χ3v) is 3.43. The van der Waals surface area contributed by atoms with E-state index in [1.54, 1.807) is 12.1 Å². The van der Waals surface area contributed by atoms with Gasteiger partial charge in [0.15, 0.2) is 0 Å². The molecule has 0 atom stereocenters. The molecule has 0 spiro atoms. The van der Waals surface area contributed by atoms with Crippen molar-refractivity contribution in [2.75, 3.05) is 5.73 Å². The van der Waals surface area contributed by atoms with Crippen LogP contribution < -0.4 is 11.2 Å².